The highest BCUT2D eigenvalue weighted by Gasteiger charge is 2.26. The molecule has 1 rings (SSSR count). The summed E-state index contributed by atoms with van der Waals surface area (Å²) < 4.78 is 10.5. The summed E-state index contributed by atoms with van der Waals surface area (Å²) in [4.78, 5) is 10.8. The molecule has 14 heavy (non-hydrogen) atoms. The fourth-order valence-corrected chi connectivity index (χ4v) is 2.74. The lowest BCUT2D eigenvalue weighted by Crippen LogP contribution is -2.20. The Bertz CT molecular complexity index is 200. The van der Waals surface area contributed by atoms with Gasteiger partial charge in [-0.05, 0) is 12.3 Å². The van der Waals surface area contributed by atoms with E-state index in [-0.39, 0.29) is 5.92 Å². The summed E-state index contributed by atoms with van der Waals surface area (Å²) in [7, 11) is -0.479. The third-order valence-corrected chi connectivity index (χ3v) is 3.68. The summed E-state index contributed by atoms with van der Waals surface area (Å²) >= 11 is 0. The highest BCUT2D eigenvalue weighted by molar-refractivity contribution is 7.23. The maximum Gasteiger partial charge on any atom is 0.325 e. The van der Waals surface area contributed by atoms with E-state index in [1.165, 1.54) is 19.3 Å². The van der Waals surface area contributed by atoms with Crippen molar-refractivity contribution in [2.45, 2.75) is 38.5 Å². The predicted octanol–water partition coefficient (Wildman–Crippen LogP) is 2.68. The molecule has 1 saturated carbocycles. The van der Waals surface area contributed by atoms with Crippen molar-refractivity contribution >= 4 is 14.4 Å². The topological polar surface area (TPSA) is 54.4 Å². The number of hydrogen-bond acceptors (Lipinski definition) is 2. The Morgan fingerprint density at radius 2 is 2.00 bits per heavy atom. The minimum Gasteiger partial charge on any atom is -0.481 e. The Hall–Kier alpha value is -0.430. The molecule has 1 N–H and O–H groups in total. The predicted molar refractivity (Wildman–Crippen MR) is 56.2 cm³/mol. The van der Waals surface area contributed by atoms with Crippen LogP contribution in [0.3, 0.4) is 0 Å². The maximum atomic E-state index is 10.8. The maximum absolute atomic E-state index is 10.8. The van der Waals surface area contributed by atoms with Gasteiger partial charge < -0.3 is 5.11 Å². The van der Waals surface area contributed by atoms with E-state index in [4.69, 9.17) is 5.11 Å². The van der Waals surface area contributed by atoms with Crippen LogP contribution >= 0.6 is 8.46 Å². The smallest absolute Gasteiger partial charge is 0.325 e. The SMILES string of the molecule is O=[PH+]CC(CC1CCCCC1)C(=O)O. The first-order chi connectivity index (χ1) is 6.74. The van der Waals surface area contributed by atoms with E-state index in [1.54, 1.807) is 0 Å². The van der Waals surface area contributed by atoms with Gasteiger partial charge in [0.15, 0.2) is 6.16 Å². The van der Waals surface area contributed by atoms with Crippen molar-refractivity contribution in [3.05, 3.63) is 0 Å². The molecule has 0 aromatic rings. The van der Waals surface area contributed by atoms with Crippen LogP contribution in [0.25, 0.3) is 0 Å². The van der Waals surface area contributed by atoms with E-state index in [0.717, 1.165) is 19.3 Å². The summed E-state index contributed by atoms with van der Waals surface area (Å²) in [5, 5.41) is 8.90. The molecule has 0 bridgehead atoms. The Morgan fingerprint density at radius 1 is 1.36 bits per heavy atom. The molecule has 4 heteroatoms. The molecule has 1 fully saturated rings. The number of rotatable bonds is 5. The van der Waals surface area contributed by atoms with Crippen LogP contribution < -0.4 is 0 Å². The standard InChI is InChI=1S/C10H17O3P/c11-10(12)9(7-14-13)6-8-4-2-1-3-5-8/h8-9H,1-7H2,(H,11,12)/p+1. The lowest BCUT2D eigenvalue weighted by atomic mass is 9.83. The van der Waals surface area contributed by atoms with Crippen LogP contribution in [-0.4, -0.2) is 17.2 Å². The molecule has 0 aliphatic heterocycles. The molecule has 0 saturated heterocycles. The van der Waals surface area contributed by atoms with Gasteiger partial charge in [-0.1, -0.05) is 36.7 Å². The minimum atomic E-state index is -0.779. The molecule has 0 amide bonds. The summed E-state index contributed by atoms with van der Waals surface area (Å²) in [5.74, 6) is -0.603. The summed E-state index contributed by atoms with van der Waals surface area (Å²) in [6, 6.07) is 0. The third-order valence-electron chi connectivity index (χ3n) is 3.02. The zero-order chi connectivity index (χ0) is 10.4. The van der Waals surface area contributed by atoms with Crippen molar-refractivity contribution in [3.63, 3.8) is 0 Å². The van der Waals surface area contributed by atoms with E-state index in [2.05, 4.69) is 0 Å². The lowest BCUT2D eigenvalue weighted by molar-refractivity contribution is -0.141. The Labute approximate surface area is 86.1 Å². The Morgan fingerprint density at radius 3 is 2.50 bits per heavy atom. The summed E-state index contributed by atoms with van der Waals surface area (Å²) in [5.41, 5.74) is 0. The van der Waals surface area contributed by atoms with E-state index < -0.39 is 14.4 Å². The summed E-state index contributed by atoms with van der Waals surface area (Å²) in [6.45, 7) is 0. The normalized spacial score (nSPS) is 20.9. The molecule has 2 unspecified atom stereocenters. The summed E-state index contributed by atoms with van der Waals surface area (Å²) in [6.07, 6.45) is 7.12. The van der Waals surface area contributed by atoms with Crippen molar-refractivity contribution in [1.82, 2.24) is 0 Å². The van der Waals surface area contributed by atoms with Gasteiger partial charge in [-0.25, -0.2) is 0 Å². The van der Waals surface area contributed by atoms with Gasteiger partial charge in [0.25, 0.3) is 0 Å². The second kappa shape index (κ2) is 6.13. The van der Waals surface area contributed by atoms with Crippen LogP contribution in [-0.2, 0) is 9.36 Å². The second-order valence-electron chi connectivity index (χ2n) is 4.12. The van der Waals surface area contributed by atoms with E-state index >= 15 is 0 Å². The molecule has 0 aromatic heterocycles. The zero-order valence-electron chi connectivity index (χ0n) is 8.37. The van der Waals surface area contributed by atoms with Crippen molar-refractivity contribution in [2.75, 3.05) is 6.16 Å². The Kier molecular flexibility index (Phi) is 5.10. The monoisotopic (exact) mass is 217 g/mol. The van der Waals surface area contributed by atoms with Crippen LogP contribution in [0, 0.1) is 11.8 Å². The zero-order valence-corrected chi connectivity index (χ0v) is 9.37. The van der Waals surface area contributed by atoms with Crippen LogP contribution in [0.15, 0.2) is 0 Å². The van der Waals surface area contributed by atoms with E-state index in [9.17, 15) is 9.36 Å². The van der Waals surface area contributed by atoms with Gasteiger partial charge in [-0.3, -0.25) is 4.79 Å². The first kappa shape index (κ1) is 11.6. The van der Waals surface area contributed by atoms with E-state index in [0.29, 0.717) is 12.1 Å². The number of carboxylic acid groups (broad SMARTS) is 1. The average Bonchev–Trinajstić information content (AvgIpc) is 2.18. The second-order valence-corrected chi connectivity index (χ2v) is 4.82. The first-order valence-corrected chi connectivity index (χ1v) is 6.43. The molecular weight excluding hydrogens is 199 g/mol. The fraction of sp³-hybridized carbons (Fsp3) is 0.900. The van der Waals surface area contributed by atoms with Gasteiger partial charge in [0.05, 0.1) is 0 Å². The van der Waals surface area contributed by atoms with E-state index in [1.807, 2.05) is 0 Å². The lowest BCUT2D eigenvalue weighted by Gasteiger charge is -2.22. The Balaban J connectivity index is 2.36. The minimum absolute atomic E-state index is 0.325. The molecule has 1 aliphatic carbocycles. The van der Waals surface area contributed by atoms with Crippen LogP contribution in [0.2, 0.25) is 0 Å². The first-order valence-electron chi connectivity index (χ1n) is 5.32. The molecule has 0 radical (unpaired) electrons. The average molecular weight is 217 g/mol. The highest BCUT2D eigenvalue weighted by atomic mass is 31.1. The number of carbonyl (C=O) groups is 1. The van der Waals surface area contributed by atoms with Crippen molar-refractivity contribution in [2.24, 2.45) is 11.8 Å². The van der Waals surface area contributed by atoms with Crippen molar-refractivity contribution in [1.29, 1.82) is 0 Å². The van der Waals surface area contributed by atoms with Gasteiger partial charge in [0.2, 0.25) is 0 Å². The fourth-order valence-electron chi connectivity index (χ4n) is 2.20. The highest BCUT2D eigenvalue weighted by Crippen LogP contribution is 2.30. The van der Waals surface area contributed by atoms with Gasteiger partial charge in [0, 0.05) is 0 Å². The number of aliphatic carboxylic acids is 1. The van der Waals surface area contributed by atoms with Gasteiger partial charge in [-0.2, -0.15) is 0 Å². The van der Waals surface area contributed by atoms with Gasteiger partial charge >= 0.3 is 14.4 Å². The molecule has 80 valence electrons. The largest absolute Gasteiger partial charge is 0.481 e. The molecule has 1 aliphatic rings. The molecule has 3 nitrogen and oxygen atoms in total. The molecule has 2 atom stereocenters. The van der Waals surface area contributed by atoms with Crippen molar-refractivity contribution in [3.8, 4) is 0 Å². The molecule has 0 spiro atoms. The van der Waals surface area contributed by atoms with Crippen LogP contribution in [0.5, 0.6) is 0 Å². The van der Waals surface area contributed by atoms with Crippen LogP contribution in [0.1, 0.15) is 38.5 Å². The number of carboxylic acids is 1. The van der Waals surface area contributed by atoms with Crippen molar-refractivity contribution < 1.29 is 14.5 Å². The third kappa shape index (κ3) is 3.75. The quantitative estimate of drug-likeness (QED) is 0.720. The van der Waals surface area contributed by atoms with Gasteiger partial charge in [-0.15, -0.1) is 0 Å². The molecule has 0 aromatic carbocycles. The van der Waals surface area contributed by atoms with Gasteiger partial charge in [0.1, 0.15) is 5.92 Å². The van der Waals surface area contributed by atoms with Crippen LogP contribution in [0.4, 0.5) is 0 Å². The molecular formula is C10H18O3P+. The molecule has 0 heterocycles. The number of hydrogen-bond donors (Lipinski definition) is 1.